The van der Waals surface area contributed by atoms with Gasteiger partial charge in [-0.05, 0) is 76.6 Å². The van der Waals surface area contributed by atoms with E-state index < -0.39 is 5.60 Å². The zero-order valence-electron chi connectivity index (χ0n) is 24.1. The highest BCUT2D eigenvalue weighted by Gasteiger charge is 2.27. The summed E-state index contributed by atoms with van der Waals surface area (Å²) in [6.45, 7) is 13.1. The van der Waals surface area contributed by atoms with Crippen LogP contribution in [0.5, 0.6) is 0 Å². The average Bonchev–Trinajstić information content (AvgIpc) is 2.90. The molecule has 3 heterocycles. The predicted octanol–water partition coefficient (Wildman–Crippen LogP) is 3.89. The Hall–Kier alpha value is -3.60. The van der Waals surface area contributed by atoms with Gasteiger partial charge in [-0.3, -0.25) is 14.6 Å². The molecular weight excluding hydrogens is 504 g/mol. The quantitative estimate of drug-likeness (QED) is 0.241. The first-order chi connectivity index (χ1) is 19.2. The topological polar surface area (TPSA) is 122 Å². The van der Waals surface area contributed by atoms with Crippen molar-refractivity contribution < 1.29 is 9.53 Å². The minimum absolute atomic E-state index is 0.165. The summed E-state index contributed by atoms with van der Waals surface area (Å²) in [5.74, 6) is 1.19. The van der Waals surface area contributed by atoms with Crippen LogP contribution in [0.3, 0.4) is 0 Å². The smallest absolute Gasteiger partial charge is 0.320 e. The molecule has 4 N–H and O–H groups in total. The molecule has 1 aliphatic heterocycles. The number of nitrogens with one attached hydrogen (secondary N) is 2. The maximum atomic E-state index is 12.3. The Morgan fingerprint density at radius 2 is 2.00 bits per heavy atom. The van der Waals surface area contributed by atoms with Crippen molar-refractivity contribution in [2.75, 3.05) is 49.9 Å². The maximum Gasteiger partial charge on any atom is 0.320 e. The minimum atomic E-state index is -0.460. The fraction of sp³-hybridized carbons (Fsp3) is 0.467. The number of hydrogen-bond acceptors (Lipinski definition) is 10. The predicted molar refractivity (Wildman–Crippen MR) is 159 cm³/mol. The van der Waals surface area contributed by atoms with E-state index in [-0.39, 0.29) is 12.0 Å². The van der Waals surface area contributed by atoms with Crippen LogP contribution in [0, 0.1) is 0 Å². The molecule has 4 rings (SSSR count). The van der Waals surface area contributed by atoms with E-state index in [0.717, 1.165) is 61.9 Å². The third-order valence-corrected chi connectivity index (χ3v) is 6.59. The summed E-state index contributed by atoms with van der Waals surface area (Å²) in [5, 5.41) is 6.61. The van der Waals surface area contributed by atoms with Crippen LogP contribution in [0.15, 0.2) is 54.9 Å². The van der Waals surface area contributed by atoms with Gasteiger partial charge in [0.2, 0.25) is 5.95 Å². The van der Waals surface area contributed by atoms with Crippen molar-refractivity contribution in [2.24, 2.45) is 5.73 Å². The highest BCUT2D eigenvalue weighted by atomic mass is 16.6. The molecule has 0 radical (unpaired) electrons. The number of rotatable bonds is 11. The number of piperazine rings is 1. The summed E-state index contributed by atoms with van der Waals surface area (Å²) in [4.78, 5) is 30.5. The number of carbonyl (C=O) groups excluding carboxylic acids is 1. The number of anilines is 3. The van der Waals surface area contributed by atoms with Gasteiger partial charge in [-0.2, -0.15) is 0 Å². The van der Waals surface area contributed by atoms with E-state index in [0.29, 0.717) is 19.0 Å². The van der Waals surface area contributed by atoms with E-state index in [1.54, 1.807) is 6.20 Å². The Kier molecular flexibility index (Phi) is 10.0. The molecular formula is C30H42N8O2. The van der Waals surface area contributed by atoms with Gasteiger partial charge >= 0.3 is 5.97 Å². The third-order valence-electron chi connectivity index (χ3n) is 6.59. The lowest BCUT2D eigenvalue weighted by Crippen LogP contribution is -2.53. The van der Waals surface area contributed by atoms with Crippen LogP contribution in [0.1, 0.15) is 39.7 Å². The molecule has 1 aliphatic rings. The van der Waals surface area contributed by atoms with E-state index in [2.05, 4.69) is 49.5 Å². The lowest BCUT2D eigenvalue weighted by molar-refractivity contribution is -0.157. The zero-order chi connectivity index (χ0) is 28.5. The van der Waals surface area contributed by atoms with E-state index in [9.17, 15) is 4.79 Å². The maximum absolute atomic E-state index is 12.3. The number of nitrogens with two attached hydrogens (primary N) is 1. The van der Waals surface area contributed by atoms with Crippen molar-refractivity contribution in [3.05, 3.63) is 60.4 Å². The molecule has 10 nitrogen and oxygen atoms in total. The molecule has 0 amide bonds. The van der Waals surface area contributed by atoms with Gasteiger partial charge in [0.1, 0.15) is 11.4 Å². The van der Waals surface area contributed by atoms with Gasteiger partial charge in [0, 0.05) is 62.4 Å². The molecule has 2 aromatic heterocycles. The highest BCUT2D eigenvalue weighted by molar-refractivity contribution is 5.72. The molecule has 1 unspecified atom stereocenters. The molecule has 10 heteroatoms. The summed E-state index contributed by atoms with van der Waals surface area (Å²) >= 11 is 0. The van der Waals surface area contributed by atoms with Crippen LogP contribution < -0.4 is 16.4 Å². The Morgan fingerprint density at radius 3 is 2.73 bits per heavy atom. The number of carbonyl (C=O) groups is 1. The van der Waals surface area contributed by atoms with Gasteiger partial charge in [0.05, 0.1) is 12.2 Å². The number of esters is 1. The monoisotopic (exact) mass is 546 g/mol. The lowest BCUT2D eigenvalue weighted by atomic mass is 10.1. The van der Waals surface area contributed by atoms with Gasteiger partial charge in [-0.15, -0.1) is 0 Å². The Balaban J connectivity index is 1.32. The zero-order valence-corrected chi connectivity index (χ0v) is 24.1. The van der Waals surface area contributed by atoms with Crippen molar-refractivity contribution in [1.29, 1.82) is 0 Å². The summed E-state index contributed by atoms with van der Waals surface area (Å²) in [6, 6.07) is 14.4. The lowest BCUT2D eigenvalue weighted by Gasteiger charge is -2.39. The first-order valence-corrected chi connectivity index (χ1v) is 14.0. The highest BCUT2D eigenvalue weighted by Crippen LogP contribution is 2.22. The van der Waals surface area contributed by atoms with E-state index in [1.807, 2.05) is 57.3 Å². The molecule has 1 fully saturated rings. The Bertz CT molecular complexity index is 1240. The average molecular weight is 547 g/mol. The molecule has 0 spiro atoms. The molecule has 40 heavy (non-hydrogen) atoms. The third kappa shape index (κ3) is 8.97. The van der Waals surface area contributed by atoms with Gasteiger partial charge < -0.3 is 21.1 Å². The standard InChI is InChI=1S/C30H42N8O2/c1-22-19-37(15-16-38(22)21-28(39)40-30(2,3)4)20-23-7-5-8-25(17-23)35-29-33-14-11-26(36-29)24-9-10-27(34-18-24)32-13-6-12-31/h5,7-11,14,17-18,22H,6,12-13,15-16,19-21,31H2,1-4H3,(H,32,34)(H,33,35,36). The van der Waals surface area contributed by atoms with Crippen LogP contribution in [0.4, 0.5) is 17.5 Å². The van der Waals surface area contributed by atoms with Crippen LogP contribution in [-0.4, -0.2) is 81.6 Å². The van der Waals surface area contributed by atoms with Crippen LogP contribution in [0.2, 0.25) is 0 Å². The second-order valence-electron chi connectivity index (χ2n) is 11.2. The normalized spacial score (nSPS) is 16.5. The van der Waals surface area contributed by atoms with Gasteiger partial charge in [0.15, 0.2) is 0 Å². The van der Waals surface area contributed by atoms with Crippen LogP contribution >= 0.6 is 0 Å². The molecule has 0 saturated carbocycles. The summed E-state index contributed by atoms with van der Waals surface area (Å²) in [7, 11) is 0. The van der Waals surface area contributed by atoms with Crippen LogP contribution in [0.25, 0.3) is 11.3 Å². The van der Waals surface area contributed by atoms with Crippen molar-refractivity contribution in [1.82, 2.24) is 24.8 Å². The van der Waals surface area contributed by atoms with E-state index in [4.69, 9.17) is 15.5 Å². The summed E-state index contributed by atoms with van der Waals surface area (Å²) < 4.78 is 5.51. The van der Waals surface area contributed by atoms with Crippen molar-refractivity contribution in [3.63, 3.8) is 0 Å². The second kappa shape index (κ2) is 13.6. The van der Waals surface area contributed by atoms with Crippen LogP contribution in [-0.2, 0) is 16.1 Å². The minimum Gasteiger partial charge on any atom is -0.459 e. The SMILES string of the molecule is CC1CN(Cc2cccc(Nc3nccc(-c4ccc(NCCCN)nc4)n3)c2)CCN1CC(=O)OC(C)(C)C. The van der Waals surface area contributed by atoms with Gasteiger partial charge in [-0.1, -0.05) is 12.1 Å². The summed E-state index contributed by atoms with van der Waals surface area (Å²) in [5.41, 5.74) is 8.95. The number of benzene rings is 1. The Labute approximate surface area is 237 Å². The molecule has 1 saturated heterocycles. The number of nitrogens with zero attached hydrogens (tertiary/aromatic N) is 5. The first-order valence-electron chi connectivity index (χ1n) is 14.0. The number of pyridine rings is 1. The summed E-state index contributed by atoms with van der Waals surface area (Å²) in [6.07, 6.45) is 4.46. The van der Waals surface area contributed by atoms with E-state index in [1.165, 1.54) is 5.56 Å². The Morgan fingerprint density at radius 1 is 1.15 bits per heavy atom. The molecule has 3 aromatic rings. The molecule has 214 valence electrons. The molecule has 1 atom stereocenters. The van der Waals surface area contributed by atoms with Crippen molar-refractivity contribution in [3.8, 4) is 11.3 Å². The fourth-order valence-electron chi connectivity index (χ4n) is 4.67. The molecule has 0 bridgehead atoms. The number of aromatic nitrogens is 3. The largest absolute Gasteiger partial charge is 0.459 e. The van der Waals surface area contributed by atoms with Gasteiger partial charge in [-0.25, -0.2) is 15.0 Å². The van der Waals surface area contributed by atoms with Crippen molar-refractivity contribution in [2.45, 2.75) is 52.3 Å². The van der Waals surface area contributed by atoms with E-state index >= 15 is 0 Å². The number of hydrogen-bond donors (Lipinski definition) is 3. The molecule has 0 aliphatic carbocycles. The fourth-order valence-corrected chi connectivity index (χ4v) is 4.67. The first kappa shape index (κ1) is 29.4. The number of ether oxygens (including phenoxy) is 1. The second-order valence-corrected chi connectivity index (χ2v) is 11.2. The van der Waals surface area contributed by atoms with Gasteiger partial charge in [0.25, 0.3) is 0 Å². The molecule has 1 aromatic carbocycles. The van der Waals surface area contributed by atoms with Crippen molar-refractivity contribution >= 4 is 23.4 Å².